The second kappa shape index (κ2) is 2.01. The van der Waals surface area contributed by atoms with Crippen molar-refractivity contribution < 1.29 is 24.5 Å². The van der Waals surface area contributed by atoms with E-state index < -0.39 is 12.3 Å². The molecular weight excluding hydrogens is 108 g/mol. The lowest BCUT2D eigenvalue weighted by molar-refractivity contribution is 0.0802. The molecular formula is C2H2O5. The molecule has 0 fully saturated rings. The van der Waals surface area contributed by atoms with Gasteiger partial charge in [-0.3, -0.25) is 0 Å². The quantitative estimate of drug-likeness (QED) is 0.347. The monoisotopic (exact) mass is 110 g/mol. The molecule has 0 rings (SSSR count). The lowest BCUT2D eigenvalue weighted by atomic mass is 12.9. The Bertz CT molecular complexity index is 82.3. The summed E-state index contributed by atoms with van der Waals surface area (Å²) in [5, 5.41) is 15.0. The molecule has 5 heteroatoms. The molecule has 0 aliphatic rings. The van der Waals surface area contributed by atoms with Crippen LogP contribution < -0.4 is 0 Å². The first-order valence-electron chi connectivity index (χ1n) is 1.26. The Labute approximate surface area is 38.1 Å². The van der Waals surface area contributed by atoms with Crippen LogP contribution in [-0.2, 0) is 4.74 Å². The Morgan fingerprint density at radius 3 is 1.43 bits per heavy atom. The maximum Gasteiger partial charge on any atom is 0.516 e. The number of rotatable bonds is 0. The van der Waals surface area contributed by atoms with E-state index in [0.717, 1.165) is 0 Å². The van der Waals surface area contributed by atoms with Gasteiger partial charge in [0.15, 0.2) is 0 Å². The number of hydrogen-bond acceptors (Lipinski definition) is 3. The molecule has 0 unspecified atom stereocenters. The molecule has 5 nitrogen and oxygen atoms in total. The van der Waals surface area contributed by atoms with Gasteiger partial charge in [-0.2, -0.15) is 0 Å². The molecule has 0 amide bonds. The molecule has 40 valence electrons. The third-order valence-electron chi connectivity index (χ3n) is 0.175. The molecule has 2 N–H and O–H groups in total. The highest BCUT2D eigenvalue weighted by Gasteiger charge is 2.01. The highest BCUT2D eigenvalue weighted by Crippen LogP contribution is 1.73. The molecule has 0 aromatic heterocycles. The SMILES string of the molecule is O=[14C](O)O[14C](=O)O. The largest absolute Gasteiger partial charge is 0.516 e. The van der Waals surface area contributed by atoms with Crippen LogP contribution >= 0.6 is 0 Å². The standard InChI is InChI=1S/C2H2O5/c3-1(4)7-2(5)6/h(H,3,4)(H,5,6)/i1+2,2+2. The van der Waals surface area contributed by atoms with Gasteiger partial charge in [-0.05, 0) is 0 Å². The fourth-order valence-electron chi connectivity index (χ4n) is 0.0747. The number of carboxylic acid groups (broad SMARTS) is 2. The highest BCUT2D eigenvalue weighted by molar-refractivity contribution is 5.74. The van der Waals surface area contributed by atoms with Gasteiger partial charge in [-0.25, -0.2) is 9.59 Å². The van der Waals surface area contributed by atoms with Crippen molar-refractivity contribution in [2.24, 2.45) is 0 Å². The van der Waals surface area contributed by atoms with Crippen LogP contribution in [0.3, 0.4) is 0 Å². The average Bonchev–Trinajstić information content (AvgIpc) is 1.27. The van der Waals surface area contributed by atoms with Crippen molar-refractivity contribution in [1.82, 2.24) is 0 Å². The van der Waals surface area contributed by atoms with E-state index in [0.29, 0.717) is 0 Å². The van der Waals surface area contributed by atoms with Crippen molar-refractivity contribution in [3.8, 4) is 0 Å². The van der Waals surface area contributed by atoms with E-state index in [4.69, 9.17) is 10.2 Å². The molecule has 7 heavy (non-hydrogen) atoms. The summed E-state index contributed by atoms with van der Waals surface area (Å²) in [6.45, 7) is 0. The Balaban J connectivity index is 3.32. The van der Waals surface area contributed by atoms with Gasteiger partial charge in [0, 0.05) is 0 Å². The first-order valence-corrected chi connectivity index (χ1v) is 1.26. The first kappa shape index (κ1) is 5.74. The van der Waals surface area contributed by atoms with Crippen molar-refractivity contribution in [3.05, 3.63) is 0 Å². The summed E-state index contributed by atoms with van der Waals surface area (Å²) in [7, 11) is 0. The van der Waals surface area contributed by atoms with E-state index in [9.17, 15) is 9.59 Å². The van der Waals surface area contributed by atoms with E-state index in [2.05, 4.69) is 4.74 Å². The van der Waals surface area contributed by atoms with Crippen molar-refractivity contribution in [2.75, 3.05) is 0 Å². The summed E-state index contributed by atoms with van der Waals surface area (Å²) in [6, 6.07) is 0. The van der Waals surface area contributed by atoms with Gasteiger partial charge in [0.2, 0.25) is 0 Å². The minimum absolute atomic E-state index is 1.81. The van der Waals surface area contributed by atoms with E-state index in [-0.39, 0.29) is 0 Å². The number of hydrogen-bond donors (Lipinski definition) is 2. The van der Waals surface area contributed by atoms with E-state index >= 15 is 0 Å². The summed E-state index contributed by atoms with van der Waals surface area (Å²) in [5.74, 6) is 0. The van der Waals surface area contributed by atoms with Gasteiger partial charge in [-0.15, -0.1) is 0 Å². The summed E-state index contributed by atoms with van der Waals surface area (Å²) >= 11 is 0. The predicted molar refractivity (Wildman–Crippen MR) is 17.1 cm³/mol. The van der Waals surface area contributed by atoms with Crippen LogP contribution in [0.25, 0.3) is 0 Å². The summed E-state index contributed by atoms with van der Waals surface area (Å²) in [6.07, 6.45) is -3.62. The summed E-state index contributed by atoms with van der Waals surface area (Å²) in [4.78, 5) is 18.4. The van der Waals surface area contributed by atoms with Gasteiger partial charge in [0.1, 0.15) is 0 Å². The molecule has 0 saturated carbocycles. The van der Waals surface area contributed by atoms with Gasteiger partial charge in [-0.1, -0.05) is 0 Å². The van der Waals surface area contributed by atoms with Crippen LogP contribution in [-0.4, -0.2) is 22.5 Å². The molecule has 0 atom stereocenters. The highest BCUT2D eigenvalue weighted by atomic mass is 17.1. The Morgan fingerprint density at radius 2 is 1.43 bits per heavy atom. The van der Waals surface area contributed by atoms with E-state index in [1.165, 1.54) is 0 Å². The van der Waals surface area contributed by atoms with Crippen molar-refractivity contribution >= 4 is 12.3 Å². The molecule has 0 heterocycles. The normalized spacial score (nSPS) is 7.43. The molecule has 0 aromatic rings. The second-order valence-electron chi connectivity index (χ2n) is 0.634. The molecule has 0 spiro atoms. The number of ether oxygens (including phenoxy) is 1. The number of carbonyl (C=O) groups is 2. The first-order chi connectivity index (χ1) is 3.13. The molecule has 0 aliphatic heterocycles. The Morgan fingerprint density at radius 1 is 1.14 bits per heavy atom. The lowest BCUT2D eigenvalue weighted by Crippen LogP contribution is -2.05. The predicted octanol–water partition coefficient (Wildman–Crippen LogP) is 0.359. The van der Waals surface area contributed by atoms with Gasteiger partial charge >= 0.3 is 12.3 Å². The van der Waals surface area contributed by atoms with Crippen molar-refractivity contribution in [3.63, 3.8) is 0 Å². The van der Waals surface area contributed by atoms with Crippen LogP contribution in [0.2, 0.25) is 0 Å². The van der Waals surface area contributed by atoms with Crippen molar-refractivity contribution in [1.29, 1.82) is 0 Å². The molecule has 0 aliphatic carbocycles. The third-order valence-corrected chi connectivity index (χ3v) is 0.175. The molecule has 0 aromatic carbocycles. The zero-order valence-corrected chi connectivity index (χ0v) is 3.12. The average molecular weight is 110 g/mol. The fourth-order valence-corrected chi connectivity index (χ4v) is 0.0747. The van der Waals surface area contributed by atoms with E-state index in [1.807, 2.05) is 0 Å². The Hall–Kier alpha value is -1.26. The van der Waals surface area contributed by atoms with Crippen molar-refractivity contribution in [2.45, 2.75) is 0 Å². The smallest absolute Gasteiger partial charge is 0.449 e. The third kappa shape index (κ3) is 4.74. The van der Waals surface area contributed by atoms with E-state index in [1.54, 1.807) is 0 Å². The van der Waals surface area contributed by atoms with Gasteiger partial charge in [0.25, 0.3) is 0 Å². The zero-order chi connectivity index (χ0) is 5.86. The van der Waals surface area contributed by atoms with Gasteiger partial charge < -0.3 is 14.9 Å². The summed E-state index contributed by atoms with van der Waals surface area (Å²) < 4.78 is 3.08. The molecule has 0 radical (unpaired) electrons. The van der Waals surface area contributed by atoms with Gasteiger partial charge in [0.05, 0.1) is 0 Å². The minimum atomic E-state index is -1.81. The minimum Gasteiger partial charge on any atom is -0.449 e. The van der Waals surface area contributed by atoms with Crippen LogP contribution in [0.5, 0.6) is 0 Å². The van der Waals surface area contributed by atoms with Crippen LogP contribution in [0.4, 0.5) is 9.59 Å². The maximum atomic E-state index is 9.21. The molecule has 0 saturated heterocycles. The van der Waals surface area contributed by atoms with Crippen LogP contribution in [0.1, 0.15) is 0 Å². The van der Waals surface area contributed by atoms with Crippen LogP contribution in [0.15, 0.2) is 0 Å². The maximum absolute atomic E-state index is 9.21. The zero-order valence-electron chi connectivity index (χ0n) is 3.12. The second-order valence-corrected chi connectivity index (χ2v) is 0.634. The summed E-state index contributed by atoms with van der Waals surface area (Å²) in [5.41, 5.74) is 0. The van der Waals surface area contributed by atoms with Crippen LogP contribution in [0, 0.1) is 0 Å². The molecule has 0 bridgehead atoms. The topological polar surface area (TPSA) is 83.8 Å². The fraction of sp³-hybridized carbons (Fsp3) is 0. The Kier molecular flexibility index (Phi) is 1.65. The lowest BCUT2D eigenvalue weighted by Gasteiger charge is -1.84.